The number of hydrogen-bond acceptors (Lipinski definition) is 4. The Morgan fingerprint density at radius 1 is 1.48 bits per heavy atom. The summed E-state index contributed by atoms with van der Waals surface area (Å²) in [5, 5.41) is 3.53. The van der Waals surface area contributed by atoms with E-state index in [0.717, 1.165) is 38.0 Å². The molecule has 1 aliphatic rings. The van der Waals surface area contributed by atoms with Crippen molar-refractivity contribution in [1.29, 1.82) is 0 Å². The first kappa shape index (κ1) is 16.0. The van der Waals surface area contributed by atoms with Crippen LogP contribution in [-0.4, -0.2) is 37.0 Å². The first-order valence-electron chi connectivity index (χ1n) is 7.80. The molecule has 0 radical (unpaired) electrons. The number of anilines is 1. The second-order valence-electron chi connectivity index (χ2n) is 5.59. The first-order chi connectivity index (χ1) is 10.2. The van der Waals surface area contributed by atoms with Gasteiger partial charge in [-0.2, -0.15) is 0 Å². The summed E-state index contributed by atoms with van der Waals surface area (Å²) >= 11 is 0. The van der Waals surface area contributed by atoms with Gasteiger partial charge in [-0.05, 0) is 25.3 Å². The largest absolute Gasteiger partial charge is 0.383 e. The van der Waals surface area contributed by atoms with Gasteiger partial charge in [0.25, 0.3) is 5.56 Å². The normalized spacial score (nSPS) is 22.2. The Labute approximate surface area is 126 Å². The minimum atomic E-state index is 0.00781. The third kappa shape index (κ3) is 4.86. The quantitative estimate of drug-likeness (QED) is 0.838. The molecule has 1 saturated heterocycles. The Balaban J connectivity index is 1.97. The lowest BCUT2D eigenvalue weighted by Gasteiger charge is -2.30. The summed E-state index contributed by atoms with van der Waals surface area (Å²) in [6.07, 6.45) is 6.56. The van der Waals surface area contributed by atoms with Crippen LogP contribution in [0.4, 0.5) is 5.69 Å². The van der Waals surface area contributed by atoms with Crippen LogP contribution in [0, 0.1) is 0 Å². The highest BCUT2D eigenvalue weighted by Gasteiger charge is 2.21. The van der Waals surface area contributed by atoms with Crippen LogP contribution < -0.4 is 10.9 Å². The maximum Gasteiger partial charge on any atom is 0.250 e. The van der Waals surface area contributed by atoms with Crippen LogP contribution in [0.1, 0.15) is 32.6 Å². The molecule has 118 valence electrons. The molecule has 21 heavy (non-hydrogen) atoms. The molecule has 5 nitrogen and oxygen atoms in total. The molecule has 0 aromatic carbocycles. The highest BCUT2D eigenvalue weighted by atomic mass is 16.5. The van der Waals surface area contributed by atoms with Gasteiger partial charge in [0.05, 0.1) is 18.4 Å². The van der Waals surface area contributed by atoms with Crippen LogP contribution in [0.5, 0.6) is 0 Å². The molecule has 5 heteroatoms. The highest BCUT2D eigenvalue weighted by molar-refractivity contribution is 5.41. The third-order valence-electron chi connectivity index (χ3n) is 3.87. The van der Waals surface area contributed by atoms with Crippen molar-refractivity contribution in [3.63, 3.8) is 0 Å². The van der Waals surface area contributed by atoms with Crippen molar-refractivity contribution < 1.29 is 9.47 Å². The molecule has 0 amide bonds. The maximum atomic E-state index is 11.8. The van der Waals surface area contributed by atoms with Crippen molar-refractivity contribution in [2.24, 2.45) is 0 Å². The number of nitrogens with one attached hydrogen (secondary N) is 1. The van der Waals surface area contributed by atoms with Gasteiger partial charge in [0.1, 0.15) is 0 Å². The zero-order valence-electron chi connectivity index (χ0n) is 13.0. The van der Waals surface area contributed by atoms with Crippen LogP contribution in [0.15, 0.2) is 23.1 Å². The lowest BCUT2D eigenvalue weighted by molar-refractivity contribution is 0.00597. The van der Waals surface area contributed by atoms with Crippen LogP contribution in [0.25, 0.3) is 0 Å². The predicted octanol–water partition coefficient (Wildman–Crippen LogP) is 2.25. The Morgan fingerprint density at radius 2 is 2.33 bits per heavy atom. The highest BCUT2D eigenvalue weighted by Crippen LogP contribution is 2.21. The number of rotatable bonds is 7. The standard InChI is InChI=1S/C16H26N2O3/c1-3-4-15-11-13(7-9-21-15)17-14-5-6-16(19)18(12-14)8-10-20-2/h5-6,12-13,15,17H,3-4,7-11H2,1-2H3. The molecule has 0 bridgehead atoms. The summed E-state index contributed by atoms with van der Waals surface area (Å²) < 4.78 is 12.5. The van der Waals surface area contributed by atoms with E-state index in [9.17, 15) is 4.79 Å². The van der Waals surface area contributed by atoms with Gasteiger partial charge in [-0.3, -0.25) is 4.79 Å². The van der Waals surface area contributed by atoms with E-state index in [1.165, 1.54) is 0 Å². The van der Waals surface area contributed by atoms with Crippen molar-refractivity contribution in [2.45, 2.75) is 51.3 Å². The summed E-state index contributed by atoms with van der Waals surface area (Å²) in [5.74, 6) is 0. The summed E-state index contributed by atoms with van der Waals surface area (Å²) in [4.78, 5) is 11.8. The van der Waals surface area contributed by atoms with Crippen LogP contribution in [0.3, 0.4) is 0 Å². The van der Waals surface area contributed by atoms with Gasteiger partial charge < -0.3 is 19.4 Å². The summed E-state index contributed by atoms with van der Waals surface area (Å²) in [6.45, 7) is 4.12. The Bertz CT molecular complexity index is 485. The van der Waals surface area contributed by atoms with E-state index < -0.39 is 0 Å². The van der Waals surface area contributed by atoms with Gasteiger partial charge in [0.15, 0.2) is 0 Å². The van der Waals surface area contributed by atoms with Crippen LogP contribution >= 0.6 is 0 Å². The Hall–Kier alpha value is -1.33. The second kappa shape index (κ2) is 8.20. The first-order valence-corrected chi connectivity index (χ1v) is 7.80. The molecule has 1 N–H and O–H groups in total. The molecule has 2 atom stereocenters. The van der Waals surface area contributed by atoms with Crippen molar-refractivity contribution >= 4 is 5.69 Å². The predicted molar refractivity (Wildman–Crippen MR) is 83.9 cm³/mol. The van der Waals surface area contributed by atoms with Crippen molar-refractivity contribution in [1.82, 2.24) is 4.57 Å². The lowest BCUT2D eigenvalue weighted by Crippen LogP contribution is -2.34. The van der Waals surface area contributed by atoms with Crippen molar-refractivity contribution in [2.75, 3.05) is 25.6 Å². The molecule has 1 aliphatic heterocycles. The molecular formula is C16H26N2O3. The Kier molecular flexibility index (Phi) is 6.26. The van der Waals surface area contributed by atoms with Crippen LogP contribution in [0.2, 0.25) is 0 Å². The minimum Gasteiger partial charge on any atom is -0.383 e. The topological polar surface area (TPSA) is 52.5 Å². The van der Waals surface area contributed by atoms with E-state index in [1.54, 1.807) is 17.7 Å². The molecule has 1 aromatic heterocycles. The van der Waals surface area contributed by atoms with E-state index in [2.05, 4.69) is 12.2 Å². The van der Waals surface area contributed by atoms with Gasteiger partial charge in [0.2, 0.25) is 0 Å². The fraction of sp³-hybridized carbons (Fsp3) is 0.688. The summed E-state index contributed by atoms with van der Waals surface area (Å²) in [7, 11) is 1.64. The molecular weight excluding hydrogens is 268 g/mol. The number of nitrogens with zero attached hydrogens (tertiary/aromatic N) is 1. The van der Waals surface area contributed by atoms with Crippen LogP contribution in [-0.2, 0) is 16.0 Å². The summed E-state index contributed by atoms with van der Waals surface area (Å²) in [6, 6.07) is 3.89. The monoisotopic (exact) mass is 294 g/mol. The summed E-state index contributed by atoms with van der Waals surface area (Å²) in [5.41, 5.74) is 1.00. The second-order valence-corrected chi connectivity index (χ2v) is 5.59. The van der Waals surface area contributed by atoms with Gasteiger partial charge in [-0.25, -0.2) is 0 Å². The number of methoxy groups -OCH3 is 1. The fourth-order valence-corrected chi connectivity index (χ4v) is 2.75. The molecule has 1 fully saturated rings. The number of hydrogen-bond donors (Lipinski definition) is 1. The van der Waals surface area contributed by atoms with E-state index in [1.807, 2.05) is 12.3 Å². The Morgan fingerprint density at radius 3 is 3.10 bits per heavy atom. The van der Waals surface area contributed by atoms with Gasteiger partial charge in [0, 0.05) is 38.6 Å². The van der Waals surface area contributed by atoms with Gasteiger partial charge in [-0.15, -0.1) is 0 Å². The van der Waals surface area contributed by atoms with Gasteiger partial charge >= 0.3 is 0 Å². The number of ether oxygens (including phenoxy) is 2. The number of aromatic nitrogens is 1. The fourth-order valence-electron chi connectivity index (χ4n) is 2.75. The molecule has 2 rings (SSSR count). The molecule has 2 unspecified atom stereocenters. The van der Waals surface area contributed by atoms with E-state index in [0.29, 0.717) is 25.3 Å². The minimum absolute atomic E-state index is 0.00781. The molecule has 0 spiro atoms. The van der Waals surface area contributed by atoms with Crippen molar-refractivity contribution in [3.8, 4) is 0 Å². The zero-order valence-corrected chi connectivity index (χ0v) is 13.0. The van der Waals surface area contributed by atoms with E-state index in [-0.39, 0.29) is 5.56 Å². The lowest BCUT2D eigenvalue weighted by atomic mass is 10.00. The van der Waals surface area contributed by atoms with E-state index >= 15 is 0 Å². The average molecular weight is 294 g/mol. The van der Waals surface area contributed by atoms with Gasteiger partial charge in [-0.1, -0.05) is 13.3 Å². The molecule has 1 aromatic rings. The van der Waals surface area contributed by atoms with Crippen molar-refractivity contribution in [3.05, 3.63) is 28.7 Å². The maximum absolute atomic E-state index is 11.8. The molecule has 0 saturated carbocycles. The molecule has 2 heterocycles. The number of pyridine rings is 1. The SMILES string of the molecule is CCCC1CC(Nc2ccc(=O)n(CCOC)c2)CCO1. The van der Waals surface area contributed by atoms with E-state index in [4.69, 9.17) is 9.47 Å². The third-order valence-corrected chi connectivity index (χ3v) is 3.87. The molecule has 0 aliphatic carbocycles. The zero-order chi connectivity index (χ0) is 15.1. The average Bonchev–Trinajstić information content (AvgIpc) is 2.48. The smallest absolute Gasteiger partial charge is 0.250 e.